The first-order chi connectivity index (χ1) is 13.2. The second-order valence-corrected chi connectivity index (χ2v) is 6.99. The average Bonchev–Trinajstić information content (AvgIpc) is 2.69. The van der Waals surface area contributed by atoms with E-state index in [4.69, 9.17) is 9.47 Å². The van der Waals surface area contributed by atoms with Gasteiger partial charge < -0.3 is 25.0 Å². The molecule has 152 valence electrons. The fourth-order valence-corrected chi connectivity index (χ4v) is 2.85. The summed E-state index contributed by atoms with van der Waals surface area (Å²) in [6.07, 6.45) is 3.21. The summed E-state index contributed by atoms with van der Waals surface area (Å²) in [5.41, 5.74) is 0.957. The molecule has 2 rings (SSSR count). The van der Waals surface area contributed by atoms with Gasteiger partial charge in [0.25, 0.3) is 0 Å². The largest absolute Gasteiger partial charge is 0.381 e. The number of nitrogens with one attached hydrogen (secondary N) is 2. The Morgan fingerprint density at radius 3 is 2.85 bits per heavy atom. The summed E-state index contributed by atoms with van der Waals surface area (Å²) < 4.78 is 11.2. The van der Waals surface area contributed by atoms with E-state index in [0.29, 0.717) is 12.5 Å². The van der Waals surface area contributed by atoms with Crippen LogP contribution in [0.25, 0.3) is 0 Å². The van der Waals surface area contributed by atoms with Gasteiger partial charge in [0, 0.05) is 53.6 Å². The molecular formula is C20H35N5O2. The Labute approximate surface area is 163 Å². The van der Waals surface area contributed by atoms with Crippen molar-refractivity contribution in [3.05, 3.63) is 23.9 Å². The van der Waals surface area contributed by atoms with Gasteiger partial charge in [0.15, 0.2) is 5.96 Å². The topological polar surface area (TPSA) is 71.0 Å². The van der Waals surface area contributed by atoms with Gasteiger partial charge in [0.2, 0.25) is 0 Å². The van der Waals surface area contributed by atoms with Crippen LogP contribution < -0.4 is 15.5 Å². The van der Waals surface area contributed by atoms with E-state index in [9.17, 15) is 0 Å². The highest BCUT2D eigenvalue weighted by Gasteiger charge is 2.13. The zero-order chi connectivity index (χ0) is 19.3. The third kappa shape index (κ3) is 8.58. The molecule has 1 aliphatic rings. The number of hydrogen-bond donors (Lipinski definition) is 2. The fraction of sp³-hybridized carbons (Fsp3) is 0.700. The van der Waals surface area contributed by atoms with Crippen molar-refractivity contribution in [2.45, 2.75) is 32.7 Å². The van der Waals surface area contributed by atoms with Crippen molar-refractivity contribution < 1.29 is 9.47 Å². The van der Waals surface area contributed by atoms with Gasteiger partial charge in [-0.3, -0.25) is 0 Å². The Morgan fingerprint density at radius 2 is 2.11 bits per heavy atom. The lowest BCUT2D eigenvalue weighted by Crippen LogP contribution is -2.38. The predicted octanol–water partition coefficient (Wildman–Crippen LogP) is 2.04. The highest BCUT2D eigenvalue weighted by atomic mass is 16.5. The number of ether oxygens (including phenoxy) is 2. The maximum atomic E-state index is 5.81. The lowest BCUT2D eigenvalue weighted by Gasteiger charge is -2.21. The van der Waals surface area contributed by atoms with Crippen molar-refractivity contribution in [3.8, 4) is 0 Å². The molecule has 1 fully saturated rings. The maximum Gasteiger partial charge on any atom is 0.191 e. The van der Waals surface area contributed by atoms with E-state index in [1.54, 1.807) is 0 Å². The average molecular weight is 378 g/mol. The van der Waals surface area contributed by atoms with Crippen LogP contribution in [0.5, 0.6) is 0 Å². The molecule has 1 saturated heterocycles. The van der Waals surface area contributed by atoms with Crippen LogP contribution in [0, 0.1) is 5.92 Å². The first kappa shape index (κ1) is 21.4. The Bertz CT molecular complexity index is 559. The van der Waals surface area contributed by atoms with Gasteiger partial charge >= 0.3 is 0 Å². The van der Waals surface area contributed by atoms with Crippen molar-refractivity contribution in [3.63, 3.8) is 0 Å². The minimum absolute atomic E-state index is 0.553. The van der Waals surface area contributed by atoms with Crippen LogP contribution in [0.4, 0.5) is 5.82 Å². The minimum Gasteiger partial charge on any atom is -0.381 e. The van der Waals surface area contributed by atoms with Crippen LogP contribution in [0.15, 0.2) is 23.2 Å². The molecule has 0 atom stereocenters. The number of pyridine rings is 1. The summed E-state index contributed by atoms with van der Waals surface area (Å²) in [6, 6.07) is 6.02. The van der Waals surface area contributed by atoms with Gasteiger partial charge in [-0.2, -0.15) is 0 Å². The van der Waals surface area contributed by atoms with Gasteiger partial charge in [-0.15, -0.1) is 0 Å². The molecule has 7 heteroatoms. The number of nitrogens with zero attached hydrogens (tertiary/aromatic N) is 3. The van der Waals surface area contributed by atoms with Gasteiger partial charge in [-0.25, -0.2) is 9.98 Å². The molecule has 1 aliphatic heterocycles. The smallest absolute Gasteiger partial charge is 0.191 e. The molecule has 0 spiro atoms. The monoisotopic (exact) mass is 377 g/mol. The van der Waals surface area contributed by atoms with Gasteiger partial charge in [0.1, 0.15) is 5.82 Å². The van der Waals surface area contributed by atoms with E-state index >= 15 is 0 Å². The predicted molar refractivity (Wildman–Crippen MR) is 110 cm³/mol. The Hall–Kier alpha value is -1.86. The summed E-state index contributed by atoms with van der Waals surface area (Å²) in [5, 5.41) is 6.65. The minimum atomic E-state index is 0.553. The number of aromatic nitrogens is 1. The molecule has 2 heterocycles. The van der Waals surface area contributed by atoms with Crippen LogP contribution in [0.3, 0.4) is 0 Å². The van der Waals surface area contributed by atoms with Crippen LogP contribution in [0.1, 0.15) is 31.9 Å². The summed E-state index contributed by atoms with van der Waals surface area (Å²) in [7, 11) is 3.98. The SMILES string of the molecule is CCNC(=NCc1cccc(N(C)C)n1)NCCCOCC1CCOCC1. The third-order valence-corrected chi connectivity index (χ3v) is 4.45. The fourth-order valence-electron chi connectivity index (χ4n) is 2.85. The second kappa shape index (κ2) is 12.5. The normalized spacial score (nSPS) is 15.6. The van der Waals surface area contributed by atoms with Gasteiger partial charge in [-0.05, 0) is 44.2 Å². The highest BCUT2D eigenvalue weighted by molar-refractivity contribution is 5.79. The maximum absolute atomic E-state index is 5.81. The number of aliphatic imine (C=N–C) groups is 1. The highest BCUT2D eigenvalue weighted by Crippen LogP contribution is 2.14. The molecule has 0 aliphatic carbocycles. The van der Waals surface area contributed by atoms with E-state index < -0.39 is 0 Å². The number of hydrogen-bond acceptors (Lipinski definition) is 5. The van der Waals surface area contributed by atoms with Gasteiger partial charge in [-0.1, -0.05) is 6.07 Å². The lowest BCUT2D eigenvalue weighted by atomic mass is 10.0. The Kier molecular flexibility index (Phi) is 9.94. The molecule has 7 nitrogen and oxygen atoms in total. The van der Waals surface area contributed by atoms with Crippen LogP contribution >= 0.6 is 0 Å². The summed E-state index contributed by atoms with van der Waals surface area (Å²) in [4.78, 5) is 11.2. The number of anilines is 1. The van der Waals surface area contributed by atoms with Crippen molar-refractivity contribution in [2.75, 3.05) is 58.5 Å². The zero-order valence-electron chi connectivity index (χ0n) is 17.0. The summed E-state index contributed by atoms with van der Waals surface area (Å²) in [5.74, 6) is 2.43. The molecule has 0 saturated carbocycles. The molecule has 0 bridgehead atoms. The number of guanidine groups is 1. The van der Waals surface area contributed by atoms with E-state index in [0.717, 1.165) is 76.3 Å². The van der Waals surface area contributed by atoms with Crippen molar-refractivity contribution in [2.24, 2.45) is 10.9 Å². The van der Waals surface area contributed by atoms with Gasteiger partial charge in [0.05, 0.1) is 12.2 Å². The molecule has 2 N–H and O–H groups in total. The second-order valence-electron chi connectivity index (χ2n) is 6.99. The molecule has 1 aromatic heterocycles. The molecular weight excluding hydrogens is 342 g/mol. The summed E-state index contributed by atoms with van der Waals surface area (Å²) >= 11 is 0. The standard InChI is InChI=1S/C20H35N5O2/c1-4-21-20(23-15-18-7-5-8-19(24-18)25(2)3)22-11-6-12-27-16-17-9-13-26-14-10-17/h5,7-8,17H,4,6,9-16H2,1-3H3,(H2,21,22,23). The molecule has 0 aromatic carbocycles. The van der Waals surface area contributed by atoms with Crippen LogP contribution in [0.2, 0.25) is 0 Å². The van der Waals surface area contributed by atoms with Crippen molar-refractivity contribution in [1.82, 2.24) is 15.6 Å². The van der Waals surface area contributed by atoms with Crippen LogP contribution in [-0.4, -0.2) is 64.6 Å². The molecule has 1 aromatic rings. The lowest BCUT2D eigenvalue weighted by molar-refractivity contribution is 0.0203. The summed E-state index contributed by atoms with van der Waals surface area (Å²) in [6.45, 7) is 7.68. The Balaban J connectivity index is 1.67. The van der Waals surface area contributed by atoms with Crippen molar-refractivity contribution >= 4 is 11.8 Å². The molecule has 0 unspecified atom stereocenters. The van der Waals surface area contributed by atoms with E-state index in [1.807, 2.05) is 37.2 Å². The van der Waals surface area contributed by atoms with E-state index in [1.165, 1.54) is 0 Å². The number of rotatable bonds is 10. The van der Waals surface area contributed by atoms with Crippen molar-refractivity contribution in [1.29, 1.82) is 0 Å². The third-order valence-electron chi connectivity index (χ3n) is 4.45. The molecule has 0 radical (unpaired) electrons. The first-order valence-corrected chi connectivity index (χ1v) is 10.00. The van der Waals surface area contributed by atoms with E-state index in [2.05, 4.69) is 27.5 Å². The first-order valence-electron chi connectivity index (χ1n) is 10.00. The van der Waals surface area contributed by atoms with Crippen LogP contribution in [-0.2, 0) is 16.0 Å². The zero-order valence-corrected chi connectivity index (χ0v) is 17.0. The quantitative estimate of drug-likeness (QED) is 0.369. The van der Waals surface area contributed by atoms with E-state index in [-0.39, 0.29) is 0 Å². The Morgan fingerprint density at radius 1 is 1.30 bits per heavy atom. The molecule has 27 heavy (non-hydrogen) atoms. The molecule has 0 amide bonds.